The second kappa shape index (κ2) is 7.02. The van der Waals surface area contributed by atoms with E-state index in [0.717, 1.165) is 18.7 Å². The van der Waals surface area contributed by atoms with Crippen LogP contribution in [0, 0.1) is 0 Å². The maximum absolute atomic E-state index is 11.6. The van der Waals surface area contributed by atoms with Crippen molar-refractivity contribution in [2.75, 3.05) is 11.9 Å². The quantitative estimate of drug-likeness (QED) is 0.756. The van der Waals surface area contributed by atoms with Crippen molar-refractivity contribution in [1.82, 2.24) is 20.5 Å². The summed E-state index contributed by atoms with van der Waals surface area (Å²) in [5.74, 6) is 1.27. The van der Waals surface area contributed by atoms with Crippen LogP contribution in [-0.2, 0) is 9.59 Å². The van der Waals surface area contributed by atoms with Crippen LogP contribution in [0.2, 0.25) is 0 Å². The molecule has 110 valence electrons. The molecule has 0 aromatic carbocycles. The Morgan fingerprint density at radius 1 is 1.30 bits per heavy atom. The summed E-state index contributed by atoms with van der Waals surface area (Å²) in [4.78, 5) is 26.6. The Hall–Kier alpha value is -1.92. The third-order valence-corrected chi connectivity index (χ3v) is 3.47. The van der Waals surface area contributed by atoms with Crippen molar-refractivity contribution in [3.05, 3.63) is 5.82 Å². The highest BCUT2D eigenvalue weighted by Crippen LogP contribution is 2.30. The first kappa shape index (κ1) is 14.5. The highest BCUT2D eigenvalue weighted by Gasteiger charge is 2.19. The lowest BCUT2D eigenvalue weighted by atomic mass is 9.89. The Balaban J connectivity index is 1.79. The Morgan fingerprint density at radius 2 is 2.05 bits per heavy atom. The molecule has 2 rings (SSSR count). The molecule has 1 fully saturated rings. The Bertz CT molecular complexity index is 465. The van der Waals surface area contributed by atoms with Gasteiger partial charge in [-0.3, -0.25) is 20.0 Å². The van der Waals surface area contributed by atoms with Gasteiger partial charge in [0.1, 0.15) is 5.82 Å². The lowest BCUT2D eigenvalue weighted by Crippen LogP contribution is -2.25. The third-order valence-electron chi connectivity index (χ3n) is 3.47. The number of hydrogen-bond donors (Lipinski definition) is 3. The number of amides is 2. The minimum atomic E-state index is -0.201. The van der Waals surface area contributed by atoms with Crippen molar-refractivity contribution in [3.8, 4) is 0 Å². The molecule has 0 radical (unpaired) electrons. The molecule has 3 N–H and O–H groups in total. The molecule has 7 nitrogen and oxygen atoms in total. The van der Waals surface area contributed by atoms with E-state index in [0.29, 0.717) is 18.4 Å². The summed E-state index contributed by atoms with van der Waals surface area (Å²) >= 11 is 0. The van der Waals surface area contributed by atoms with E-state index in [1.165, 1.54) is 26.2 Å². The van der Waals surface area contributed by atoms with Gasteiger partial charge < -0.3 is 5.32 Å². The van der Waals surface area contributed by atoms with Crippen LogP contribution in [0.15, 0.2) is 0 Å². The van der Waals surface area contributed by atoms with Crippen molar-refractivity contribution in [3.63, 3.8) is 0 Å². The van der Waals surface area contributed by atoms with Crippen molar-refractivity contribution < 1.29 is 9.59 Å². The minimum absolute atomic E-state index is 0.143. The molecular weight excluding hydrogens is 258 g/mol. The molecule has 0 atom stereocenters. The van der Waals surface area contributed by atoms with E-state index < -0.39 is 0 Å². The van der Waals surface area contributed by atoms with Gasteiger partial charge in [0.2, 0.25) is 17.8 Å². The van der Waals surface area contributed by atoms with Gasteiger partial charge in [0.15, 0.2) is 0 Å². The zero-order chi connectivity index (χ0) is 14.4. The molecule has 1 aliphatic carbocycles. The van der Waals surface area contributed by atoms with Crippen LogP contribution < -0.4 is 10.6 Å². The van der Waals surface area contributed by atoms with Gasteiger partial charge in [-0.2, -0.15) is 4.98 Å². The number of rotatable bonds is 5. The third kappa shape index (κ3) is 4.32. The summed E-state index contributed by atoms with van der Waals surface area (Å²) in [5, 5.41) is 12.1. The number of carbonyl (C=O) groups is 2. The number of carbonyl (C=O) groups excluding carboxylic acids is 2. The lowest BCUT2D eigenvalue weighted by molar-refractivity contribution is -0.119. The zero-order valence-electron chi connectivity index (χ0n) is 11.7. The highest BCUT2D eigenvalue weighted by molar-refractivity contribution is 5.89. The first-order chi connectivity index (χ1) is 9.65. The molecule has 1 aromatic heterocycles. The summed E-state index contributed by atoms with van der Waals surface area (Å²) in [6.07, 6.45) is 6.22. The predicted octanol–water partition coefficient (Wildman–Crippen LogP) is 1.32. The van der Waals surface area contributed by atoms with Crippen molar-refractivity contribution in [2.24, 2.45) is 0 Å². The van der Waals surface area contributed by atoms with Gasteiger partial charge in [-0.25, -0.2) is 0 Å². The number of aromatic nitrogens is 3. The summed E-state index contributed by atoms with van der Waals surface area (Å²) in [6, 6.07) is 0. The molecule has 2 amide bonds. The highest BCUT2D eigenvalue weighted by atomic mass is 16.2. The molecule has 0 unspecified atom stereocenters. The zero-order valence-corrected chi connectivity index (χ0v) is 11.7. The van der Waals surface area contributed by atoms with Gasteiger partial charge in [0.25, 0.3) is 0 Å². The SMILES string of the molecule is CC(=O)NCCC(=O)Nc1n[nH]c(C2CCCCC2)n1. The monoisotopic (exact) mass is 279 g/mol. The van der Waals surface area contributed by atoms with Gasteiger partial charge in [0.05, 0.1) is 0 Å². The van der Waals surface area contributed by atoms with Crippen LogP contribution >= 0.6 is 0 Å². The first-order valence-corrected chi connectivity index (χ1v) is 7.11. The molecule has 0 aliphatic heterocycles. The van der Waals surface area contributed by atoms with E-state index in [1.54, 1.807) is 0 Å². The average molecular weight is 279 g/mol. The van der Waals surface area contributed by atoms with Gasteiger partial charge >= 0.3 is 0 Å². The van der Waals surface area contributed by atoms with Gasteiger partial charge in [0, 0.05) is 25.8 Å². The van der Waals surface area contributed by atoms with Crippen LogP contribution in [0.4, 0.5) is 5.95 Å². The van der Waals surface area contributed by atoms with Crippen LogP contribution in [0.5, 0.6) is 0 Å². The molecular formula is C13H21N5O2. The number of aromatic amines is 1. The Kier molecular flexibility index (Phi) is 5.09. The number of nitrogens with zero attached hydrogens (tertiary/aromatic N) is 2. The van der Waals surface area contributed by atoms with E-state index in [-0.39, 0.29) is 18.2 Å². The summed E-state index contributed by atoms with van der Waals surface area (Å²) < 4.78 is 0. The van der Waals surface area contributed by atoms with Crippen molar-refractivity contribution in [1.29, 1.82) is 0 Å². The second-order valence-electron chi connectivity index (χ2n) is 5.16. The summed E-state index contributed by atoms with van der Waals surface area (Å²) in [5.41, 5.74) is 0. The average Bonchev–Trinajstić information content (AvgIpc) is 2.88. The van der Waals surface area contributed by atoms with E-state index in [9.17, 15) is 9.59 Å². The maximum atomic E-state index is 11.6. The van der Waals surface area contributed by atoms with E-state index in [2.05, 4.69) is 25.8 Å². The van der Waals surface area contributed by atoms with E-state index in [1.807, 2.05) is 0 Å². The maximum Gasteiger partial charge on any atom is 0.248 e. The topological polar surface area (TPSA) is 99.8 Å². The van der Waals surface area contributed by atoms with Gasteiger partial charge in [-0.15, -0.1) is 5.10 Å². The standard InChI is InChI=1S/C13H21N5O2/c1-9(19)14-8-7-11(20)15-13-16-12(17-18-13)10-5-3-2-4-6-10/h10H,2-8H2,1H3,(H,14,19)(H2,15,16,17,18,20). The molecule has 0 spiro atoms. The number of nitrogens with one attached hydrogen (secondary N) is 3. The van der Waals surface area contributed by atoms with Crippen LogP contribution in [-0.4, -0.2) is 33.5 Å². The minimum Gasteiger partial charge on any atom is -0.356 e. The number of H-pyrrole nitrogens is 1. The van der Waals surface area contributed by atoms with Gasteiger partial charge in [-0.1, -0.05) is 19.3 Å². The molecule has 20 heavy (non-hydrogen) atoms. The molecule has 7 heteroatoms. The summed E-state index contributed by atoms with van der Waals surface area (Å²) in [7, 11) is 0. The van der Waals surface area contributed by atoms with Crippen molar-refractivity contribution >= 4 is 17.8 Å². The smallest absolute Gasteiger partial charge is 0.248 e. The van der Waals surface area contributed by atoms with E-state index >= 15 is 0 Å². The predicted molar refractivity (Wildman–Crippen MR) is 74.1 cm³/mol. The van der Waals surface area contributed by atoms with Crippen LogP contribution in [0.3, 0.4) is 0 Å². The Labute approximate surface area is 117 Å². The lowest BCUT2D eigenvalue weighted by Gasteiger charge is -2.18. The normalized spacial score (nSPS) is 15.8. The molecule has 0 saturated heterocycles. The number of anilines is 1. The molecule has 1 aliphatic rings. The fourth-order valence-corrected chi connectivity index (χ4v) is 2.43. The number of hydrogen-bond acceptors (Lipinski definition) is 4. The second-order valence-corrected chi connectivity index (χ2v) is 5.16. The first-order valence-electron chi connectivity index (χ1n) is 7.11. The summed E-state index contributed by atoms with van der Waals surface area (Å²) in [6.45, 7) is 1.74. The molecule has 1 heterocycles. The van der Waals surface area contributed by atoms with Crippen LogP contribution in [0.25, 0.3) is 0 Å². The van der Waals surface area contributed by atoms with Gasteiger partial charge in [-0.05, 0) is 12.8 Å². The Morgan fingerprint density at radius 3 is 2.75 bits per heavy atom. The molecule has 1 aromatic rings. The molecule has 1 saturated carbocycles. The fraction of sp³-hybridized carbons (Fsp3) is 0.692. The fourth-order valence-electron chi connectivity index (χ4n) is 2.43. The van der Waals surface area contributed by atoms with Crippen molar-refractivity contribution in [2.45, 2.75) is 51.4 Å². The van der Waals surface area contributed by atoms with Crippen LogP contribution in [0.1, 0.15) is 57.2 Å². The van der Waals surface area contributed by atoms with E-state index in [4.69, 9.17) is 0 Å². The molecule has 0 bridgehead atoms. The largest absolute Gasteiger partial charge is 0.356 e.